The van der Waals surface area contributed by atoms with Crippen LogP contribution in [0.1, 0.15) is 0 Å². The molecule has 0 fully saturated rings. The quantitative estimate of drug-likeness (QED) is 0.701. The Morgan fingerprint density at radius 1 is 1.28 bits per heavy atom. The third-order valence-corrected chi connectivity index (χ3v) is 2.74. The van der Waals surface area contributed by atoms with Crippen LogP contribution in [0.3, 0.4) is 0 Å². The fourth-order valence-electron chi connectivity index (χ4n) is 1.77. The van der Waals surface area contributed by atoms with Gasteiger partial charge in [-0.3, -0.25) is 0 Å². The van der Waals surface area contributed by atoms with Crippen molar-refractivity contribution < 1.29 is 8.81 Å². The molecule has 3 nitrogen and oxygen atoms in total. The maximum atomic E-state index is 13.4. The summed E-state index contributed by atoms with van der Waals surface area (Å²) in [6.07, 6.45) is 4.72. The zero-order valence-electron chi connectivity index (χ0n) is 9.18. The highest BCUT2D eigenvalue weighted by molar-refractivity contribution is 6.30. The molecule has 3 aromatic rings. The van der Waals surface area contributed by atoms with Crippen LogP contribution in [0, 0.1) is 5.82 Å². The lowest BCUT2D eigenvalue weighted by atomic mass is 10.1. The van der Waals surface area contributed by atoms with Crippen molar-refractivity contribution in [2.45, 2.75) is 0 Å². The van der Waals surface area contributed by atoms with Crippen LogP contribution in [0.15, 0.2) is 53.4 Å². The molecule has 0 atom stereocenters. The Balaban J connectivity index is 2.20. The minimum Gasteiger partial charge on any atom is -0.464 e. The van der Waals surface area contributed by atoms with Gasteiger partial charge in [0.25, 0.3) is 0 Å². The molecule has 0 N–H and O–H groups in total. The minimum atomic E-state index is -0.330. The normalized spacial score (nSPS) is 10.8. The van der Waals surface area contributed by atoms with E-state index in [1.807, 2.05) is 0 Å². The van der Waals surface area contributed by atoms with Crippen molar-refractivity contribution in [1.82, 2.24) is 9.78 Å². The molecule has 0 unspecified atom stereocenters. The fraction of sp³-hybridized carbons (Fsp3) is 0. The van der Waals surface area contributed by atoms with Crippen LogP contribution >= 0.6 is 11.6 Å². The summed E-state index contributed by atoms with van der Waals surface area (Å²) in [5.41, 5.74) is 1.33. The van der Waals surface area contributed by atoms with E-state index < -0.39 is 0 Å². The Labute approximate surface area is 107 Å². The molecule has 18 heavy (non-hydrogen) atoms. The number of hydrogen-bond donors (Lipinski definition) is 0. The Morgan fingerprint density at radius 2 is 2.17 bits per heavy atom. The van der Waals surface area contributed by atoms with Crippen molar-refractivity contribution in [3.8, 4) is 17.0 Å². The molecule has 0 amide bonds. The second-order valence-electron chi connectivity index (χ2n) is 3.74. The van der Waals surface area contributed by atoms with Gasteiger partial charge in [0.05, 0.1) is 23.2 Å². The summed E-state index contributed by atoms with van der Waals surface area (Å²) in [6.45, 7) is 0. The molecule has 0 aliphatic rings. The summed E-state index contributed by atoms with van der Waals surface area (Å²) >= 11 is 5.84. The molecule has 0 bridgehead atoms. The van der Waals surface area contributed by atoms with Crippen LogP contribution in [0.4, 0.5) is 4.39 Å². The van der Waals surface area contributed by atoms with Gasteiger partial charge in [-0.2, -0.15) is 5.10 Å². The summed E-state index contributed by atoms with van der Waals surface area (Å²) in [4.78, 5) is 0. The van der Waals surface area contributed by atoms with Crippen LogP contribution in [-0.2, 0) is 0 Å². The summed E-state index contributed by atoms with van der Waals surface area (Å²) in [6, 6.07) is 7.93. The molecule has 3 rings (SSSR count). The lowest BCUT2D eigenvalue weighted by molar-refractivity contribution is 0.579. The smallest absolute Gasteiger partial charge is 0.136 e. The van der Waals surface area contributed by atoms with Crippen LogP contribution < -0.4 is 0 Å². The van der Waals surface area contributed by atoms with Gasteiger partial charge >= 0.3 is 0 Å². The average Bonchev–Trinajstić information content (AvgIpc) is 2.99. The molecule has 0 aliphatic carbocycles. The SMILES string of the molecule is Fc1ccc(-n2cc(Cl)cn2)c(-c2ccco2)c1. The van der Waals surface area contributed by atoms with E-state index in [-0.39, 0.29) is 5.82 Å². The standard InChI is InChI=1S/C13H8ClFN2O/c14-9-7-16-17(8-9)12-4-3-10(15)6-11(12)13-2-1-5-18-13/h1-8H. The van der Waals surface area contributed by atoms with E-state index >= 15 is 0 Å². The largest absolute Gasteiger partial charge is 0.464 e. The molecule has 1 aromatic carbocycles. The minimum absolute atomic E-state index is 0.330. The maximum absolute atomic E-state index is 13.4. The molecular formula is C13H8ClFN2O. The molecule has 2 heterocycles. The van der Waals surface area contributed by atoms with Crippen molar-refractivity contribution in [3.05, 3.63) is 59.8 Å². The highest BCUT2D eigenvalue weighted by Crippen LogP contribution is 2.28. The third kappa shape index (κ3) is 1.91. The van der Waals surface area contributed by atoms with Gasteiger partial charge in [-0.05, 0) is 30.3 Å². The Hall–Kier alpha value is -2.07. The average molecular weight is 263 g/mol. The number of nitrogens with zero attached hydrogens (tertiary/aromatic N) is 2. The van der Waals surface area contributed by atoms with Crippen molar-refractivity contribution in [2.24, 2.45) is 0 Å². The van der Waals surface area contributed by atoms with Crippen molar-refractivity contribution in [3.63, 3.8) is 0 Å². The van der Waals surface area contributed by atoms with Crippen LogP contribution in [0.25, 0.3) is 17.0 Å². The summed E-state index contributed by atoms with van der Waals surface area (Å²) < 4.78 is 20.2. The molecule has 0 radical (unpaired) electrons. The van der Waals surface area contributed by atoms with Gasteiger partial charge in [-0.1, -0.05) is 11.6 Å². The molecule has 2 aromatic heterocycles. The second-order valence-corrected chi connectivity index (χ2v) is 4.18. The molecule has 5 heteroatoms. The number of aromatic nitrogens is 2. The molecule has 0 saturated carbocycles. The van der Waals surface area contributed by atoms with E-state index in [0.29, 0.717) is 22.0 Å². The van der Waals surface area contributed by atoms with E-state index in [1.165, 1.54) is 18.3 Å². The van der Waals surface area contributed by atoms with Crippen molar-refractivity contribution in [1.29, 1.82) is 0 Å². The van der Waals surface area contributed by atoms with E-state index in [4.69, 9.17) is 16.0 Å². The number of hydrogen-bond acceptors (Lipinski definition) is 2. The zero-order valence-corrected chi connectivity index (χ0v) is 9.93. The topological polar surface area (TPSA) is 31.0 Å². The predicted octanol–water partition coefficient (Wildman–Crippen LogP) is 3.92. The predicted molar refractivity (Wildman–Crippen MR) is 66.2 cm³/mol. The first-order chi connectivity index (χ1) is 8.74. The number of halogens is 2. The Bertz CT molecular complexity index is 676. The van der Waals surface area contributed by atoms with Gasteiger partial charge in [0, 0.05) is 11.8 Å². The highest BCUT2D eigenvalue weighted by Gasteiger charge is 2.11. The van der Waals surface area contributed by atoms with E-state index in [9.17, 15) is 4.39 Å². The van der Waals surface area contributed by atoms with Crippen molar-refractivity contribution >= 4 is 11.6 Å². The van der Waals surface area contributed by atoms with Gasteiger partial charge in [-0.25, -0.2) is 9.07 Å². The number of furan rings is 1. The molecule has 90 valence electrons. The van der Waals surface area contributed by atoms with Crippen LogP contribution in [0.5, 0.6) is 0 Å². The first-order valence-electron chi connectivity index (χ1n) is 5.28. The molecular weight excluding hydrogens is 255 g/mol. The van der Waals surface area contributed by atoms with Gasteiger partial charge in [0.15, 0.2) is 0 Å². The second kappa shape index (κ2) is 4.31. The van der Waals surface area contributed by atoms with Crippen LogP contribution in [-0.4, -0.2) is 9.78 Å². The van der Waals surface area contributed by atoms with Gasteiger partial charge < -0.3 is 4.42 Å². The number of benzene rings is 1. The lowest BCUT2D eigenvalue weighted by Crippen LogP contribution is -1.97. The molecule has 0 spiro atoms. The van der Waals surface area contributed by atoms with E-state index in [0.717, 1.165) is 0 Å². The van der Waals surface area contributed by atoms with Gasteiger partial charge in [0.1, 0.15) is 11.6 Å². The molecule has 0 aliphatic heterocycles. The monoisotopic (exact) mass is 262 g/mol. The number of rotatable bonds is 2. The van der Waals surface area contributed by atoms with Crippen molar-refractivity contribution in [2.75, 3.05) is 0 Å². The first kappa shape index (κ1) is 11.0. The summed E-state index contributed by atoms with van der Waals surface area (Å²) in [5, 5.41) is 4.63. The summed E-state index contributed by atoms with van der Waals surface area (Å²) in [7, 11) is 0. The van der Waals surface area contributed by atoms with Gasteiger partial charge in [0.2, 0.25) is 0 Å². The molecule has 0 saturated heterocycles. The first-order valence-corrected chi connectivity index (χ1v) is 5.66. The third-order valence-electron chi connectivity index (χ3n) is 2.54. The lowest BCUT2D eigenvalue weighted by Gasteiger charge is -2.07. The Morgan fingerprint density at radius 3 is 2.83 bits per heavy atom. The van der Waals surface area contributed by atoms with E-state index in [1.54, 1.807) is 35.3 Å². The van der Waals surface area contributed by atoms with Crippen LogP contribution in [0.2, 0.25) is 5.02 Å². The van der Waals surface area contributed by atoms with E-state index in [2.05, 4.69) is 5.10 Å². The fourth-order valence-corrected chi connectivity index (χ4v) is 1.91. The Kier molecular flexibility index (Phi) is 2.64. The summed E-state index contributed by atoms with van der Waals surface area (Å²) in [5.74, 6) is 0.250. The highest BCUT2D eigenvalue weighted by atomic mass is 35.5. The zero-order chi connectivity index (χ0) is 12.5. The van der Waals surface area contributed by atoms with Gasteiger partial charge in [-0.15, -0.1) is 0 Å². The maximum Gasteiger partial charge on any atom is 0.136 e.